The molecule has 1 aliphatic carbocycles. The molecule has 6 rings (SSSR count). The highest BCUT2D eigenvalue weighted by Gasteiger charge is 2.44. The van der Waals surface area contributed by atoms with Gasteiger partial charge in [-0.2, -0.15) is 0 Å². The van der Waals surface area contributed by atoms with E-state index in [0.717, 1.165) is 32.1 Å². The Morgan fingerprint density at radius 2 is 1.17 bits per heavy atom. The maximum atomic E-state index is 3.99. The standard InChI is InChI=1S/C41H40/c1-4-6-7-14-27-41(36-17-12-9-13-18-36)39-28-34(32-15-10-8-11-16-32)23-25-37(39)38-26-24-35(29-40(38)41)33-21-19-31(20-22-33)30(3)5-2/h4,8-13,15-26,28-30H,1,5-7,14,27H2,2-3H3. The van der Waals surface area contributed by atoms with Crippen LogP contribution in [0.5, 0.6) is 0 Å². The number of fused-ring (bicyclic) bond motifs is 3. The molecule has 0 heterocycles. The molecule has 0 aromatic heterocycles. The smallest absolute Gasteiger partial charge is 0.0464 e. The molecular formula is C41H40. The predicted molar refractivity (Wildman–Crippen MR) is 176 cm³/mol. The molecule has 0 heteroatoms. The lowest BCUT2D eigenvalue weighted by Gasteiger charge is -2.34. The van der Waals surface area contributed by atoms with Crippen molar-refractivity contribution in [1.29, 1.82) is 0 Å². The van der Waals surface area contributed by atoms with Crippen molar-refractivity contribution in [3.8, 4) is 33.4 Å². The Balaban J connectivity index is 1.55. The molecule has 0 N–H and O–H groups in total. The Labute approximate surface area is 246 Å². The fraction of sp³-hybridized carbons (Fsp3) is 0.220. The average molecular weight is 533 g/mol. The number of hydrogen-bond donors (Lipinski definition) is 0. The summed E-state index contributed by atoms with van der Waals surface area (Å²) in [5.74, 6) is 0.582. The van der Waals surface area contributed by atoms with Gasteiger partial charge in [-0.25, -0.2) is 0 Å². The minimum Gasteiger partial charge on any atom is -0.103 e. The highest BCUT2D eigenvalue weighted by atomic mass is 14.5. The first-order chi connectivity index (χ1) is 20.2. The van der Waals surface area contributed by atoms with Crippen LogP contribution in [0.4, 0.5) is 0 Å². The summed E-state index contributed by atoms with van der Waals surface area (Å²) in [6, 6.07) is 45.6. The summed E-state index contributed by atoms with van der Waals surface area (Å²) in [5, 5.41) is 0. The van der Waals surface area contributed by atoms with Gasteiger partial charge in [0.05, 0.1) is 0 Å². The highest BCUT2D eigenvalue weighted by molar-refractivity contribution is 5.88. The van der Waals surface area contributed by atoms with Crippen LogP contribution in [0.1, 0.15) is 74.1 Å². The molecule has 41 heavy (non-hydrogen) atoms. The first-order valence-electron chi connectivity index (χ1n) is 15.3. The summed E-state index contributed by atoms with van der Waals surface area (Å²) in [7, 11) is 0. The Bertz CT molecular complexity index is 1630. The molecule has 1 aliphatic rings. The fourth-order valence-corrected chi connectivity index (χ4v) is 6.77. The Kier molecular flexibility index (Phi) is 7.75. The van der Waals surface area contributed by atoms with Crippen molar-refractivity contribution in [1.82, 2.24) is 0 Å². The first kappa shape index (κ1) is 27.0. The third kappa shape index (κ3) is 4.97. The van der Waals surface area contributed by atoms with Gasteiger partial charge >= 0.3 is 0 Å². The number of allylic oxidation sites excluding steroid dienone is 1. The molecule has 0 radical (unpaired) electrons. The van der Waals surface area contributed by atoms with Crippen LogP contribution in [0.25, 0.3) is 33.4 Å². The van der Waals surface area contributed by atoms with Crippen molar-refractivity contribution >= 4 is 0 Å². The third-order valence-corrected chi connectivity index (χ3v) is 9.26. The normalized spacial score (nSPS) is 16.1. The summed E-state index contributed by atoms with van der Waals surface area (Å²) < 4.78 is 0. The second kappa shape index (κ2) is 11.8. The molecular weight excluding hydrogens is 492 g/mol. The first-order valence-corrected chi connectivity index (χ1v) is 15.3. The molecule has 0 spiro atoms. The van der Waals surface area contributed by atoms with E-state index in [9.17, 15) is 0 Å². The third-order valence-electron chi connectivity index (χ3n) is 9.26. The van der Waals surface area contributed by atoms with Gasteiger partial charge in [-0.1, -0.05) is 136 Å². The Morgan fingerprint density at radius 1 is 0.634 bits per heavy atom. The molecule has 5 aromatic carbocycles. The minimum absolute atomic E-state index is 0.204. The van der Waals surface area contributed by atoms with Crippen molar-refractivity contribution in [2.45, 2.75) is 57.3 Å². The van der Waals surface area contributed by atoms with Gasteiger partial charge < -0.3 is 0 Å². The van der Waals surface area contributed by atoms with Gasteiger partial charge in [0, 0.05) is 5.41 Å². The molecule has 0 fully saturated rings. The molecule has 2 atom stereocenters. The highest BCUT2D eigenvalue weighted by Crippen LogP contribution is 2.56. The van der Waals surface area contributed by atoms with E-state index in [1.165, 1.54) is 55.6 Å². The number of rotatable bonds is 10. The van der Waals surface area contributed by atoms with E-state index < -0.39 is 0 Å². The fourth-order valence-electron chi connectivity index (χ4n) is 6.77. The van der Waals surface area contributed by atoms with Crippen LogP contribution >= 0.6 is 0 Å². The van der Waals surface area contributed by atoms with Gasteiger partial charge in [0.25, 0.3) is 0 Å². The van der Waals surface area contributed by atoms with Crippen molar-refractivity contribution in [3.05, 3.63) is 156 Å². The summed E-state index contributed by atoms with van der Waals surface area (Å²) in [4.78, 5) is 0. The molecule has 0 bridgehead atoms. The number of hydrogen-bond acceptors (Lipinski definition) is 0. The zero-order valence-corrected chi connectivity index (χ0v) is 24.4. The summed E-state index contributed by atoms with van der Waals surface area (Å²) >= 11 is 0. The van der Waals surface area contributed by atoms with Gasteiger partial charge in [-0.15, -0.1) is 6.58 Å². The second-order valence-corrected chi connectivity index (χ2v) is 11.6. The molecule has 204 valence electrons. The molecule has 0 nitrogen and oxygen atoms in total. The SMILES string of the molecule is C=CCCCCC1(c2ccccc2)c2cc(-c3ccccc3)ccc2-c2ccc(-c3ccc(C(C)CC)cc3)cc21. The number of unbranched alkanes of at least 4 members (excludes halogenated alkanes) is 2. The van der Waals surface area contributed by atoms with Crippen LogP contribution in [0.2, 0.25) is 0 Å². The largest absolute Gasteiger partial charge is 0.103 e. The topological polar surface area (TPSA) is 0 Å². The van der Waals surface area contributed by atoms with E-state index in [1.54, 1.807) is 0 Å². The summed E-state index contributed by atoms with van der Waals surface area (Å²) in [5.41, 5.74) is 13.3. The van der Waals surface area contributed by atoms with Gasteiger partial charge in [0.15, 0.2) is 0 Å². The Morgan fingerprint density at radius 3 is 1.73 bits per heavy atom. The van der Waals surface area contributed by atoms with Crippen LogP contribution in [-0.2, 0) is 5.41 Å². The molecule has 2 unspecified atom stereocenters. The van der Waals surface area contributed by atoms with E-state index >= 15 is 0 Å². The second-order valence-electron chi connectivity index (χ2n) is 11.6. The minimum atomic E-state index is -0.204. The van der Waals surface area contributed by atoms with Gasteiger partial charge in [-0.05, 0) is 99.4 Å². The van der Waals surface area contributed by atoms with Crippen LogP contribution in [-0.4, -0.2) is 0 Å². The summed E-state index contributed by atoms with van der Waals surface area (Å²) in [6.45, 7) is 8.56. The van der Waals surface area contributed by atoms with E-state index in [4.69, 9.17) is 0 Å². The quantitative estimate of drug-likeness (QED) is 0.124. The van der Waals surface area contributed by atoms with Crippen LogP contribution in [0.3, 0.4) is 0 Å². The van der Waals surface area contributed by atoms with Crippen molar-refractivity contribution in [3.63, 3.8) is 0 Å². The van der Waals surface area contributed by atoms with Crippen molar-refractivity contribution in [2.75, 3.05) is 0 Å². The van der Waals surface area contributed by atoms with E-state index in [2.05, 4.69) is 148 Å². The lowest BCUT2D eigenvalue weighted by Crippen LogP contribution is -2.27. The maximum Gasteiger partial charge on any atom is 0.0464 e. The zero-order valence-electron chi connectivity index (χ0n) is 24.4. The van der Waals surface area contributed by atoms with Crippen LogP contribution in [0, 0.1) is 0 Å². The molecule has 5 aromatic rings. The van der Waals surface area contributed by atoms with Crippen molar-refractivity contribution in [2.24, 2.45) is 0 Å². The van der Waals surface area contributed by atoms with Gasteiger partial charge in [-0.3, -0.25) is 0 Å². The maximum absolute atomic E-state index is 3.99. The van der Waals surface area contributed by atoms with Gasteiger partial charge in [0.2, 0.25) is 0 Å². The predicted octanol–water partition coefficient (Wildman–Crippen LogP) is 11.6. The van der Waals surface area contributed by atoms with E-state index in [1.807, 2.05) is 0 Å². The van der Waals surface area contributed by atoms with E-state index in [0.29, 0.717) is 5.92 Å². The zero-order chi connectivity index (χ0) is 28.2. The van der Waals surface area contributed by atoms with E-state index in [-0.39, 0.29) is 5.41 Å². The van der Waals surface area contributed by atoms with Gasteiger partial charge in [0.1, 0.15) is 0 Å². The Hall–Kier alpha value is -4.16. The monoisotopic (exact) mass is 532 g/mol. The average Bonchev–Trinajstić information content (AvgIpc) is 3.32. The van der Waals surface area contributed by atoms with Crippen LogP contribution < -0.4 is 0 Å². The lowest BCUT2D eigenvalue weighted by atomic mass is 9.68. The molecule has 0 amide bonds. The molecule has 0 saturated heterocycles. The summed E-state index contributed by atoms with van der Waals surface area (Å²) in [6.07, 6.45) is 7.63. The molecule has 0 saturated carbocycles. The van der Waals surface area contributed by atoms with Crippen LogP contribution in [0.15, 0.2) is 134 Å². The van der Waals surface area contributed by atoms with Crippen molar-refractivity contribution < 1.29 is 0 Å². The molecule has 0 aliphatic heterocycles. The lowest BCUT2D eigenvalue weighted by molar-refractivity contribution is 0.530. The number of benzene rings is 5.